The third-order valence-electron chi connectivity index (χ3n) is 5.22. The standard InChI is InChI=1S/C23H24FN5O4S/c1-13(2)20(26-22(31)14-8-9-17-18(10-14)33-12-32-17)21-27-28-23(29(21)3)34-11-19(30)25-16-7-5-4-6-15(16)24/h4-10,13,20H,11-12H2,1-3H3,(H,25,30)(H,26,31). The summed E-state index contributed by atoms with van der Waals surface area (Å²) < 4.78 is 26.1. The van der Waals surface area contributed by atoms with E-state index in [1.54, 1.807) is 41.9 Å². The van der Waals surface area contributed by atoms with Gasteiger partial charge in [-0.15, -0.1) is 10.2 Å². The van der Waals surface area contributed by atoms with Crippen molar-refractivity contribution in [3.8, 4) is 11.5 Å². The van der Waals surface area contributed by atoms with Crippen LogP contribution in [0.3, 0.4) is 0 Å². The number of anilines is 1. The number of hydrogen-bond donors (Lipinski definition) is 2. The highest BCUT2D eigenvalue weighted by Gasteiger charge is 2.26. The lowest BCUT2D eigenvalue weighted by Gasteiger charge is -2.21. The number of rotatable bonds is 8. The van der Waals surface area contributed by atoms with Gasteiger partial charge in [0.05, 0.1) is 17.5 Å². The lowest BCUT2D eigenvalue weighted by atomic mass is 10.0. The van der Waals surface area contributed by atoms with Gasteiger partial charge in [-0.1, -0.05) is 37.7 Å². The molecule has 2 amide bonds. The Bertz CT molecular complexity index is 1220. The second-order valence-corrected chi connectivity index (χ2v) is 8.92. The summed E-state index contributed by atoms with van der Waals surface area (Å²) in [4.78, 5) is 25.2. The normalized spacial score (nSPS) is 13.1. The first-order chi connectivity index (χ1) is 16.3. The van der Waals surface area contributed by atoms with Crippen LogP contribution in [0.15, 0.2) is 47.6 Å². The van der Waals surface area contributed by atoms with Crippen LogP contribution >= 0.6 is 11.8 Å². The number of thioether (sulfide) groups is 1. The molecule has 4 rings (SSSR count). The number of fused-ring (bicyclic) bond motifs is 1. The average Bonchev–Trinajstić information content (AvgIpc) is 3.43. The average molecular weight is 486 g/mol. The van der Waals surface area contributed by atoms with Crippen molar-refractivity contribution in [1.82, 2.24) is 20.1 Å². The highest BCUT2D eigenvalue weighted by Crippen LogP contribution is 2.33. The number of carbonyl (C=O) groups is 2. The minimum absolute atomic E-state index is 0.0167. The van der Waals surface area contributed by atoms with Crippen LogP contribution in [0.1, 0.15) is 36.1 Å². The third kappa shape index (κ3) is 5.14. The fourth-order valence-corrected chi connectivity index (χ4v) is 4.11. The maximum Gasteiger partial charge on any atom is 0.252 e. The van der Waals surface area contributed by atoms with E-state index in [1.807, 2.05) is 13.8 Å². The first kappa shape index (κ1) is 23.6. The van der Waals surface area contributed by atoms with Crippen LogP contribution in [-0.4, -0.2) is 39.1 Å². The Labute approximate surface area is 200 Å². The summed E-state index contributed by atoms with van der Waals surface area (Å²) in [6.07, 6.45) is 0. The Morgan fingerprint density at radius 2 is 1.91 bits per heavy atom. The lowest BCUT2D eigenvalue weighted by molar-refractivity contribution is -0.113. The number of halogens is 1. The molecular formula is C23H24FN5O4S. The third-order valence-corrected chi connectivity index (χ3v) is 6.24. The van der Waals surface area contributed by atoms with Crippen LogP contribution in [0.25, 0.3) is 0 Å². The molecule has 2 aromatic carbocycles. The summed E-state index contributed by atoms with van der Waals surface area (Å²) in [6.45, 7) is 4.06. The predicted octanol–water partition coefficient (Wildman–Crippen LogP) is 3.54. The van der Waals surface area contributed by atoms with Crippen molar-refractivity contribution in [3.05, 3.63) is 59.7 Å². The molecule has 1 aliphatic heterocycles. The maximum atomic E-state index is 13.7. The van der Waals surface area contributed by atoms with Gasteiger partial charge in [0.1, 0.15) is 5.82 Å². The molecule has 178 valence electrons. The van der Waals surface area contributed by atoms with Crippen molar-refractivity contribution in [2.75, 3.05) is 17.9 Å². The molecule has 0 bridgehead atoms. The van der Waals surface area contributed by atoms with E-state index in [-0.39, 0.29) is 36.0 Å². The molecule has 0 fully saturated rings. The number of hydrogen-bond acceptors (Lipinski definition) is 7. The van der Waals surface area contributed by atoms with Crippen molar-refractivity contribution in [1.29, 1.82) is 0 Å². The van der Waals surface area contributed by atoms with Gasteiger partial charge in [-0.2, -0.15) is 0 Å². The van der Waals surface area contributed by atoms with Gasteiger partial charge in [-0.25, -0.2) is 4.39 Å². The molecule has 1 unspecified atom stereocenters. The van der Waals surface area contributed by atoms with Gasteiger partial charge < -0.3 is 24.7 Å². The molecule has 0 saturated carbocycles. The van der Waals surface area contributed by atoms with Crippen LogP contribution in [0.4, 0.5) is 10.1 Å². The molecule has 2 N–H and O–H groups in total. The van der Waals surface area contributed by atoms with E-state index in [1.165, 1.54) is 23.9 Å². The number of ether oxygens (including phenoxy) is 2. The van der Waals surface area contributed by atoms with Crippen LogP contribution in [-0.2, 0) is 11.8 Å². The van der Waals surface area contributed by atoms with Gasteiger partial charge in [0.25, 0.3) is 5.91 Å². The van der Waals surface area contributed by atoms with Gasteiger partial charge in [0.2, 0.25) is 12.7 Å². The maximum absolute atomic E-state index is 13.7. The molecule has 0 saturated heterocycles. The number of para-hydroxylation sites is 1. The molecule has 2 heterocycles. The number of carbonyl (C=O) groups excluding carboxylic acids is 2. The zero-order chi connectivity index (χ0) is 24.2. The molecular weight excluding hydrogens is 461 g/mol. The predicted molar refractivity (Wildman–Crippen MR) is 124 cm³/mol. The van der Waals surface area contributed by atoms with Crippen molar-refractivity contribution >= 4 is 29.3 Å². The van der Waals surface area contributed by atoms with Crippen molar-refractivity contribution < 1.29 is 23.5 Å². The molecule has 1 aromatic heterocycles. The van der Waals surface area contributed by atoms with Gasteiger partial charge in [0.15, 0.2) is 22.5 Å². The molecule has 1 atom stereocenters. The zero-order valence-corrected chi connectivity index (χ0v) is 19.7. The number of nitrogens with one attached hydrogen (secondary N) is 2. The SMILES string of the molecule is CC(C)C(NC(=O)c1ccc2c(c1)OCO2)c1nnc(SCC(=O)Nc2ccccc2F)n1C. The molecule has 1 aliphatic rings. The highest BCUT2D eigenvalue weighted by molar-refractivity contribution is 7.99. The highest BCUT2D eigenvalue weighted by atomic mass is 32.2. The fraction of sp³-hybridized carbons (Fsp3) is 0.304. The summed E-state index contributed by atoms with van der Waals surface area (Å²) in [5, 5.41) is 14.5. The lowest BCUT2D eigenvalue weighted by Crippen LogP contribution is -2.33. The van der Waals surface area contributed by atoms with Crippen LogP contribution in [0.5, 0.6) is 11.5 Å². The Balaban J connectivity index is 1.42. The topological polar surface area (TPSA) is 107 Å². The van der Waals surface area contributed by atoms with E-state index in [2.05, 4.69) is 20.8 Å². The van der Waals surface area contributed by atoms with Crippen molar-refractivity contribution in [2.45, 2.75) is 25.0 Å². The van der Waals surface area contributed by atoms with Gasteiger partial charge in [-0.3, -0.25) is 9.59 Å². The molecule has 0 radical (unpaired) electrons. The Kier molecular flexibility index (Phi) is 7.01. The Morgan fingerprint density at radius 1 is 1.15 bits per heavy atom. The monoisotopic (exact) mass is 485 g/mol. The van der Waals surface area contributed by atoms with E-state index in [9.17, 15) is 14.0 Å². The summed E-state index contributed by atoms with van der Waals surface area (Å²) >= 11 is 1.17. The number of aromatic nitrogens is 3. The van der Waals surface area contributed by atoms with Crippen LogP contribution < -0.4 is 20.1 Å². The summed E-state index contributed by atoms with van der Waals surface area (Å²) in [5.41, 5.74) is 0.564. The Hall–Kier alpha value is -3.60. The quantitative estimate of drug-likeness (QED) is 0.470. The van der Waals surface area contributed by atoms with Crippen molar-refractivity contribution in [3.63, 3.8) is 0 Å². The largest absolute Gasteiger partial charge is 0.454 e. The first-order valence-electron chi connectivity index (χ1n) is 10.6. The second-order valence-electron chi connectivity index (χ2n) is 7.98. The Morgan fingerprint density at radius 3 is 2.68 bits per heavy atom. The zero-order valence-electron chi connectivity index (χ0n) is 18.9. The summed E-state index contributed by atoms with van der Waals surface area (Å²) in [6, 6.07) is 10.6. The van der Waals surface area contributed by atoms with E-state index in [4.69, 9.17) is 9.47 Å². The summed E-state index contributed by atoms with van der Waals surface area (Å²) in [5.74, 6) is 0.584. The minimum Gasteiger partial charge on any atom is -0.454 e. The van der Waals surface area contributed by atoms with E-state index in [0.717, 1.165) is 0 Å². The van der Waals surface area contributed by atoms with Crippen molar-refractivity contribution in [2.24, 2.45) is 13.0 Å². The molecule has 11 heteroatoms. The minimum atomic E-state index is -0.500. The molecule has 0 spiro atoms. The number of nitrogens with zero attached hydrogens (tertiary/aromatic N) is 3. The van der Waals surface area contributed by atoms with Gasteiger partial charge in [-0.05, 0) is 36.2 Å². The second kappa shape index (κ2) is 10.1. The summed E-state index contributed by atoms with van der Waals surface area (Å²) in [7, 11) is 1.77. The van der Waals surface area contributed by atoms with Gasteiger partial charge in [0, 0.05) is 12.6 Å². The van der Waals surface area contributed by atoms with E-state index < -0.39 is 11.9 Å². The smallest absolute Gasteiger partial charge is 0.252 e. The molecule has 34 heavy (non-hydrogen) atoms. The van der Waals surface area contributed by atoms with E-state index in [0.29, 0.717) is 28.0 Å². The molecule has 9 nitrogen and oxygen atoms in total. The molecule has 0 aliphatic carbocycles. The van der Waals surface area contributed by atoms with E-state index >= 15 is 0 Å². The van der Waals surface area contributed by atoms with Crippen LogP contribution in [0.2, 0.25) is 0 Å². The fourth-order valence-electron chi connectivity index (χ4n) is 3.39. The first-order valence-corrected chi connectivity index (χ1v) is 11.6. The molecule has 3 aromatic rings. The van der Waals surface area contributed by atoms with Gasteiger partial charge >= 0.3 is 0 Å². The number of benzene rings is 2. The number of amides is 2. The van der Waals surface area contributed by atoms with Crippen LogP contribution in [0, 0.1) is 11.7 Å².